The highest BCUT2D eigenvalue weighted by atomic mass is 35.5. The zero-order valence-electron chi connectivity index (χ0n) is 17.7. The minimum Gasteiger partial charge on any atom is -0.490 e. The molecule has 0 radical (unpaired) electrons. The van der Waals surface area contributed by atoms with E-state index in [0.29, 0.717) is 12.8 Å². The number of amides is 1. The highest BCUT2D eigenvalue weighted by Crippen LogP contribution is 2.33. The van der Waals surface area contributed by atoms with Crippen LogP contribution in [0.5, 0.6) is 5.75 Å². The van der Waals surface area contributed by atoms with Gasteiger partial charge in [0.15, 0.2) is 0 Å². The van der Waals surface area contributed by atoms with Crippen molar-refractivity contribution in [3.8, 4) is 5.75 Å². The highest BCUT2D eigenvalue weighted by molar-refractivity contribution is 7.92. The van der Waals surface area contributed by atoms with Gasteiger partial charge in [0.25, 0.3) is 15.9 Å². The third-order valence-corrected chi connectivity index (χ3v) is 7.67. The van der Waals surface area contributed by atoms with Crippen LogP contribution in [0.2, 0.25) is 5.02 Å². The van der Waals surface area contributed by atoms with Crippen LogP contribution in [0.1, 0.15) is 29.6 Å². The minimum atomic E-state index is -3.97. The van der Waals surface area contributed by atoms with Gasteiger partial charge in [-0.1, -0.05) is 23.7 Å². The van der Waals surface area contributed by atoms with Gasteiger partial charge in [-0.3, -0.25) is 14.3 Å². The van der Waals surface area contributed by atoms with Crippen molar-refractivity contribution < 1.29 is 32.6 Å². The number of ether oxygens (including phenoxy) is 2. The molecule has 1 amide bonds. The molecule has 2 aliphatic rings. The Balaban J connectivity index is 1.58. The van der Waals surface area contributed by atoms with Crippen LogP contribution in [0.4, 0.5) is 5.69 Å². The monoisotopic (exact) mass is 494 g/mol. The summed E-state index contributed by atoms with van der Waals surface area (Å²) in [6.07, 6.45) is 0.0738. The van der Waals surface area contributed by atoms with Gasteiger partial charge in [0, 0.05) is 12.7 Å². The second-order valence-electron chi connectivity index (χ2n) is 8.01. The molecule has 176 valence electrons. The molecule has 3 atom stereocenters. The molecular weight excluding hydrogens is 472 g/mol. The van der Waals surface area contributed by atoms with E-state index in [1.165, 1.54) is 30.3 Å². The number of rotatable bonds is 5. The summed E-state index contributed by atoms with van der Waals surface area (Å²) in [4.78, 5) is 25.8. The number of nitrogens with one attached hydrogen (secondary N) is 1. The van der Waals surface area contributed by atoms with E-state index in [1.54, 1.807) is 24.1 Å². The second kappa shape index (κ2) is 9.20. The molecule has 0 bridgehead atoms. The Morgan fingerprint density at radius 1 is 1.24 bits per heavy atom. The lowest BCUT2D eigenvalue weighted by Gasteiger charge is -2.42. The normalized spacial score (nSPS) is 22.9. The summed E-state index contributed by atoms with van der Waals surface area (Å²) in [5.41, 5.74) is 0.403. The fourth-order valence-electron chi connectivity index (χ4n) is 4.16. The van der Waals surface area contributed by atoms with Crippen molar-refractivity contribution in [3.05, 3.63) is 53.1 Å². The molecule has 11 heteroatoms. The number of hydrogen-bond donors (Lipinski definition) is 2. The van der Waals surface area contributed by atoms with Crippen molar-refractivity contribution >= 4 is 39.2 Å². The molecule has 0 aromatic heterocycles. The van der Waals surface area contributed by atoms with E-state index in [-0.39, 0.29) is 51.9 Å². The SMILES string of the molecule is CN1C(=O)c2cc(NS(=O)(=O)c3ccccc3Cl)ccc2OC[C@@H]2O[C@@H](CC(=O)O)CC[C@H]21. The van der Waals surface area contributed by atoms with Gasteiger partial charge in [0.2, 0.25) is 0 Å². The van der Waals surface area contributed by atoms with Gasteiger partial charge in [0.05, 0.1) is 29.2 Å². The number of carbonyl (C=O) groups excluding carboxylic acids is 1. The van der Waals surface area contributed by atoms with Crippen LogP contribution in [0, 0.1) is 0 Å². The first-order valence-electron chi connectivity index (χ1n) is 10.3. The summed E-state index contributed by atoms with van der Waals surface area (Å²) in [6.45, 7) is 0.135. The van der Waals surface area contributed by atoms with E-state index in [9.17, 15) is 18.0 Å². The lowest BCUT2D eigenvalue weighted by molar-refractivity contribution is -0.148. The third-order valence-electron chi connectivity index (χ3n) is 5.79. The van der Waals surface area contributed by atoms with Gasteiger partial charge < -0.3 is 19.5 Å². The van der Waals surface area contributed by atoms with Crippen molar-refractivity contribution in [1.29, 1.82) is 0 Å². The molecule has 33 heavy (non-hydrogen) atoms. The Morgan fingerprint density at radius 2 is 2.00 bits per heavy atom. The first-order valence-corrected chi connectivity index (χ1v) is 12.2. The number of carboxylic acids is 1. The predicted molar refractivity (Wildman–Crippen MR) is 120 cm³/mol. The summed E-state index contributed by atoms with van der Waals surface area (Å²) in [7, 11) is -2.32. The number of aliphatic carboxylic acids is 1. The van der Waals surface area contributed by atoms with Crippen LogP contribution in [0.15, 0.2) is 47.4 Å². The number of anilines is 1. The summed E-state index contributed by atoms with van der Waals surface area (Å²) in [5.74, 6) is -1.000. The first kappa shape index (κ1) is 23.3. The zero-order chi connectivity index (χ0) is 23.8. The number of carboxylic acid groups (broad SMARTS) is 1. The van der Waals surface area contributed by atoms with Crippen molar-refractivity contribution in [2.24, 2.45) is 0 Å². The number of halogens is 1. The Bertz CT molecular complexity index is 1190. The second-order valence-corrected chi connectivity index (χ2v) is 10.1. The number of nitrogens with zero attached hydrogens (tertiary/aromatic N) is 1. The lowest BCUT2D eigenvalue weighted by atomic mass is 9.95. The molecular formula is C22H23ClN2O7S. The largest absolute Gasteiger partial charge is 0.490 e. The van der Waals surface area contributed by atoms with E-state index in [0.717, 1.165) is 0 Å². The maximum absolute atomic E-state index is 13.2. The van der Waals surface area contributed by atoms with Crippen LogP contribution >= 0.6 is 11.6 Å². The summed E-state index contributed by atoms with van der Waals surface area (Å²) < 4.78 is 39.8. The standard InChI is InChI=1S/C22H23ClN2O7S/c1-25-17-8-7-14(11-21(26)27)32-19(17)12-31-18-9-6-13(10-15(18)22(25)28)24-33(29,30)20-5-3-2-4-16(20)23/h2-6,9-10,14,17,19,24H,7-8,11-12H2,1H3,(H,26,27)/t14-,17-,19+/m1/s1. The summed E-state index contributed by atoms with van der Waals surface area (Å²) in [5, 5.41) is 9.13. The van der Waals surface area contributed by atoms with Crippen molar-refractivity contribution in [1.82, 2.24) is 4.90 Å². The molecule has 4 rings (SSSR count). The molecule has 2 aliphatic heterocycles. The molecule has 0 aliphatic carbocycles. The topological polar surface area (TPSA) is 122 Å². The zero-order valence-corrected chi connectivity index (χ0v) is 19.3. The van der Waals surface area contributed by atoms with Crippen LogP contribution < -0.4 is 9.46 Å². The predicted octanol–water partition coefficient (Wildman–Crippen LogP) is 3.00. The van der Waals surface area contributed by atoms with Crippen molar-refractivity contribution in [2.45, 2.75) is 42.4 Å². The third kappa shape index (κ3) is 4.92. The van der Waals surface area contributed by atoms with Crippen LogP contribution in [0.3, 0.4) is 0 Å². The average molecular weight is 495 g/mol. The fourth-order valence-corrected chi connectivity index (χ4v) is 5.73. The summed E-state index contributed by atoms with van der Waals surface area (Å²) in [6, 6.07) is 10.2. The molecule has 0 spiro atoms. The number of carbonyl (C=O) groups is 2. The molecule has 2 N–H and O–H groups in total. The number of hydrogen-bond acceptors (Lipinski definition) is 6. The maximum atomic E-state index is 13.2. The molecule has 1 fully saturated rings. The number of likely N-dealkylation sites (N-methyl/N-ethyl adjacent to an activating group) is 1. The van der Waals surface area contributed by atoms with Crippen LogP contribution in [-0.4, -0.2) is 62.2 Å². The van der Waals surface area contributed by atoms with E-state index in [1.807, 2.05) is 0 Å². The van der Waals surface area contributed by atoms with Crippen LogP contribution in [0.25, 0.3) is 0 Å². The highest BCUT2D eigenvalue weighted by Gasteiger charge is 2.39. The number of fused-ring (bicyclic) bond motifs is 2. The first-order chi connectivity index (χ1) is 15.7. The van der Waals surface area contributed by atoms with Crippen LogP contribution in [-0.2, 0) is 19.6 Å². The Kier molecular flexibility index (Phi) is 6.51. The van der Waals surface area contributed by atoms with Crippen molar-refractivity contribution in [2.75, 3.05) is 18.4 Å². The average Bonchev–Trinajstić information content (AvgIpc) is 2.76. The van der Waals surface area contributed by atoms with Gasteiger partial charge in [0.1, 0.15) is 23.4 Å². The van der Waals surface area contributed by atoms with E-state index < -0.39 is 28.2 Å². The van der Waals surface area contributed by atoms with Gasteiger partial charge in [-0.25, -0.2) is 8.42 Å². The molecule has 9 nitrogen and oxygen atoms in total. The lowest BCUT2D eigenvalue weighted by Crippen LogP contribution is -2.53. The fraction of sp³-hybridized carbons (Fsp3) is 0.364. The summed E-state index contributed by atoms with van der Waals surface area (Å²) >= 11 is 6.03. The maximum Gasteiger partial charge on any atom is 0.305 e. The van der Waals surface area contributed by atoms with Gasteiger partial charge in [-0.05, 0) is 43.2 Å². The van der Waals surface area contributed by atoms with E-state index in [2.05, 4.69) is 4.72 Å². The van der Waals surface area contributed by atoms with E-state index in [4.69, 9.17) is 26.2 Å². The minimum absolute atomic E-state index is 0.0729. The molecule has 0 saturated carbocycles. The molecule has 1 saturated heterocycles. The number of sulfonamides is 1. The smallest absolute Gasteiger partial charge is 0.305 e. The van der Waals surface area contributed by atoms with Gasteiger partial charge >= 0.3 is 5.97 Å². The molecule has 2 heterocycles. The Morgan fingerprint density at radius 3 is 2.73 bits per heavy atom. The van der Waals surface area contributed by atoms with Crippen molar-refractivity contribution in [3.63, 3.8) is 0 Å². The molecule has 2 aromatic rings. The number of benzene rings is 2. The van der Waals surface area contributed by atoms with E-state index >= 15 is 0 Å². The van der Waals surface area contributed by atoms with Gasteiger partial charge in [-0.15, -0.1) is 0 Å². The van der Waals surface area contributed by atoms with Gasteiger partial charge in [-0.2, -0.15) is 0 Å². The molecule has 2 aromatic carbocycles. The Labute approximate surface area is 196 Å². The molecule has 0 unspecified atom stereocenters. The Hall–Kier alpha value is -2.82. The quantitative estimate of drug-likeness (QED) is 0.655.